The number of halogens is 1. The molecule has 1 heterocycles. The summed E-state index contributed by atoms with van der Waals surface area (Å²) in [6.07, 6.45) is 0.779. The van der Waals surface area contributed by atoms with Crippen molar-refractivity contribution in [3.8, 4) is 0 Å². The van der Waals surface area contributed by atoms with Gasteiger partial charge in [-0.1, -0.05) is 0 Å². The van der Waals surface area contributed by atoms with Crippen LogP contribution in [0.4, 0.5) is 14.9 Å². The second kappa shape index (κ2) is 5.90. The Hall–Kier alpha value is -2.11. The molecule has 0 radical (unpaired) electrons. The van der Waals surface area contributed by atoms with Crippen LogP contribution >= 0.6 is 0 Å². The van der Waals surface area contributed by atoms with Gasteiger partial charge in [0.05, 0.1) is 0 Å². The number of nitrogens with zero attached hydrogens (tertiary/aromatic N) is 1. The van der Waals surface area contributed by atoms with E-state index < -0.39 is 5.97 Å². The lowest BCUT2D eigenvalue weighted by Crippen LogP contribution is -2.33. The Morgan fingerprint density at radius 1 is 1.50 bits per heavy atom. The number of rotatable bonds is 3. The first-order valence-corrected chi connectivity index (χ1v) is 6.49. The minimum absolute atomic E-state index is 0.00700. The molecule has 108 valence electrons. The third kappa shape index (κ3) is 3.46. The summed E-state index contributed by atoms with van der Waals surface area (Å²) in [5.74, 6) is -1.18. The molecule has 5 nitrogen and oxygen atoms in total. The van der Waals surface area contributed by atoms with Gasteiger partial charge in [-0.3, -0.25) is 4.79 Å². The number of hydrogen-bond acceptors (Lipinski definition) is 2. The molecule has 0 saturated carbocycles. The van der Waals surface area contributed by atoms with Gasteiger partial charge in [-0.15, -0.1) is 0 Å². The molecule has 1 atom stereocenters. The zero-order valence-electron chi connectivity index (χ0n) is 11.2. The third-order valence-electron chi connectivity index (χ3n) is 3.47. The van der Waals surface area contributed by atoms with Gasteiger partial charge in [-0.2, -0.15) is 0 Å². The zero-order valence-corrected chi connectivity index (χ0v) is 11.2. The lowest BCUT2D eigenvalue weighted by Gasteiger charge is -2.18. The molecule has 1 fully saturated rings. The molecule has 2 rings (SSSR count). The van der Waals surface area contributed by atoms with Crippen LogP contribution in [0.15, 0.2) is 18.2 Å². The first kappa shape index (κ1) is 14.3. The topological polar surface area (TPSA) is 69.6 Å². The summed E-state index contributed by atoms with van der Waals surface area (Å²) in [6, 6.07) is 3.90. The number of aryl methyl sites for hydroxylation is 1. The van der Waals surface area contributed by atoms with Crippen LogP contribution in [0.2, 0.25) is 0 Å². The Labute approximate surface area is 116 Å². The van der Waals surface area contributed by atoms with Crippen molar-refractivity contribution in [3.05, 3.63) is 29.6 Å². The smallest absolute Gasteiger partial charge is 0.321 e. The van der Waals surface area contributed by atoms with E-state index in [9.17, 15) is 14.0 Å². The summed E-state index contributed by atoms with van der Waals surface area (Å²) in [7, 11) is 0. The predicted octanol–water partition coefficient (Wildman–Crippen LogP) is 2.46. The maximum Gasteiger partial charge on any atom is 0.321 e. The van der Waals surface area contributed by atoms with Crippen LogP contribution < -0.4 is 5.32 Å². The molecular formula is C14H17FN2O3. The summed E-state index contributed by atoms with van der Waals surface area (Å²) >= 11 is 0. The molecule has 0 spiro atoms. The first-order valence-electron chi connectivity index (χ1n) is 6.49. The minimum Gasteiger partial charge on any atom is -0.481 e. The summed E-state index contributed by atoms with van der Waals surface area (Å²) in [5, 5.41) is 11.5. The van der Waals surface area contributed by atoms with Crippen LogP contribution in [0.25, 0.3) is 0 Å². The van der Waals surface area contributed by atoms with Crippen LogP contribution in [0, 0.1) is 18.7 Å². The Morgan fingerprint density at radius 3 is 2.90 bits per heavy atom. The maximum atomic E-state index is 13.0. The van der Waals surface area contributed by atoms with Crippen LogP contribution in [-0.4, -0.2) is 35.1 Å². The summed E-state index contributed by atoms with van der Waals surface area (Å²) in [5.41, 5.74) is 1.22. The molecule has 0 bridgehead atoms. The Bertz CT molecular complexity index is 533. The number of anilines is 1. The Kier molecular flexibility index (Phi) is 4.22. The van der Waals surface area contributed by atoms with Crippen molar-refractivity contribution in [1.82, 2.24) is 4.90 Å². The monoisotopic (exact) mass is 280 g/mol. The SMILES string of the molecule is Cc1cc(F)ccc1NC(=O)N1CCC(CC(=O)O)C1. The number of carboxylic acid groups (broad SMARTS) is 1. The number of likely N-dealkylation sites (tertiary alicyclic amines) is 1. The number of carbonyl (C=O) groups excluding carboxylic acids is 1. The van der Waals surface area contributed by atoms with Crippen LogP contribution in [0.1, 0.15) is 18.4 Å². The lowest BCUT2D eigenvalue weighted by atomic mass is 10.1. The van der Waals surface area contributed by atoms with E-state index in [1.165, 1.54) is 18.2 Å². The molecule has 1 aromatic rings. The zero-order chi connectivity index (χ0) is 14.7. The van der Waals surface area contributed by atoms with Gasteiger partial charge in [-0.05, 0) is 43.0 Å². The highest BCUT2D eigenvalue weighted by atomic mass is 19.1. The fourth-order valence-electron chi connectivity index (χ4n) is 2.39. The van der Waals surface area contributed by atoms with Gasteiger partial charge in [0.15, 0.2) is 0 Å². The number of carboxylic acids is 1. The summed E-state index contributed by atoms with van der Waals surface area (Å²) in [4.78, 5) is 24.3. The van der Waals surface area contributed by atoms with Crippen LogP contribution in [-0.2, 0) is 4.79 Å². The predicted molar refractivity (Wildman–Crippen MR) is 72.1 cm³/mol. The Balaban J connectivity index is 1.94. The van der Waals surface area contributed by atoms with Crippen molar-refractivity contribution in [2.45, 2.75) is 19.8 Å². The van der Waals surface area contributed by atoms with Crippen LogP contribution in [0.5, 0.6) is 0 Å². The fourth-order valence-corrected chi connectivity index (χ4v) is 2.39. The molecule has 0 aromatic heterocycles. The van der Waals surface area contributed by atoms with Crippen molar-refractivity contribution < 1.29 is 19.1 Å². The Morgan fingerprint density at radius 2 is 2.25 bits per heavy atom. The van der Waals surface area contributed by atoms with Crippen LogP contribution in [0.3, 0.4) is 0 Å². The fraction of sp³-hybridized carbons (Fsp3) is 0.429. The highest BCUT2D eigenvalue weighted by Crippen LogP contribution is 2.21. The van der Waals surface area contributed by atoms with Gasteiger partial charge >= 0.3 is 12.0 Å². The lowest BCUT2D eigenvalue weighted by molar-refractivity contribution is -0.138. The molecule has 1 aliphatic rings. The van der Waals surface area contributed by atoms with E-state index in [2.05, 4.69) is 5.32 Å². The molecule has 6 heteroatoms. The molecule has 20 heavy (non-hydrogen) atoms. The second-order valence-corrected chi connectivity index (χ2v) is 5.09. The van der Waals surface area contributed by atoms with E-state index in [0.29, 0.717) is 30.8 Å². The normalized spacial score (nSPS) is 18.1. The summed E-state index contributed by atoms with van der Waals surface area (Å²) in [6.45, 7) is 2.71. The average Bonchev–Trinajstić information content (AvgIpc) is 2.80. The van der Waals surface area contributed by atoms with Gasteiger partial charge < -0.3 is 15.3 Å². The average molecular weight is 280 g/mol. The quantitative estimate of drug-likeness (QED) is 0.893. The third-order valence-corrected chi connectivity index (χ3v) is 3.47. The van der Waals surface area contributed by atoms with E-state index in [1.807, 2.05) is 0 Å². The number of aliphatic carboxylic acids is 1. The van der Waals surface area contributed by atoms with Gasteiger partial charge in [-0.25, -0.2) is 9.18 Å². The van der Waals surface area contributed by atoms with Gasteiger partial charge in [0.25, 0.3) is 0 Å². The molecule has 1 saturated heterocycles. The second-order valence-electron chi connectivity index (χ2n) is 5.09. The van der Waals surface area contributed by atoms with E-state index in [4.69, 9.17) is 5.11 Å². The highest BCUT2D eigenvalue weighted by molar-refractivity contribution is 5.90. The highest BCUT2D eigenvalue weighted by Gasteiger charge is 2.27. The molecule has 1 aliphatic heterocycles. The molecule has 0 aliphatic carbocycles. The molecule has 2 N–H and O–H groups in total. The summed E-state index contributed by atoms with van der Waals surface area (Å²) < 4.78 is 13.0. The number of nitrogens with one attached hydrogen (secondary N) is 1. The van der Waals surface area contributed by atoms with Crippen molar-refractivity contribution in [1.29, 1.82) is 0 Å². The van der Waals surface area contributed by atoms with Gasteiger partial charge in [0.2, 0.25) is 0 Å². The van der Waals surface area contributed by atoms with E-state index in [0.717, 1.165) is 0 Å². The molecule has 2 amide bonds. The number of carbonyl (C=O) groups is 2. The van der Waals surface area contributed by atoms with Gasteiger partial charge in [0.1, 0.15) is 5.82 Å². The standard InChI is InChI=1S/C14H17FN2O3/c1-9-6-11(15)2-3-12(9)16-14(20)17-5-4-10(8-17)7-13(18)19/h2-3,6,10H,4-5,7-8H2,1H3,(H,16,20)(H,18,19). The molecular weight excluding hydrogens is 263 g/mol. The van der Waals surface area contributed by atoms with Crippen molar-refractivity contribution in [2.24, 2.45) is 5.92 Å². The minimum atomic E-state index is -0.841. The number of amides is 2. The molecule has 1 aromatic carbocycles. The number of benzene rings is 1. The van der Waals surface area contributed by atoms with E-state index >= 15 is 0 Å². The van der Waals surface area contributed by atoms with E-state index in [1.54, 1.807) is 11.8 Å². The van der Waals surface area contributed by atoms with Gasteiger partial charge in [0, 0.05) is 25.2 Å². The largest absolute Gasteiger partial charge is 0.481 e. The van der Waals surface area contributed by atoms with E-state index in [-0.39, 0.29) is 24.2 Å². The molecule has 1 unspecified atom stereocenters. The maximum absolute atomic E-state index is 13.0. The number of urea groups is 1. The van der Waals surface area contributed by atoms with Crippen molar-refractivity contribution in [3.63, 3.8) is 0 Å². The van der Waals surface area contributed by atoms with Crippen molar-refractivity contribution >= 4 is 17.7 Å². The first-order chi connectivity index (χ1) is 9.45. The number of hydrogen-bond donors (Lipinski definition) is 2. The van der Waals surface area contributed by atoms with Crippen molar-refractivity contribution in [2.75, 3.05) is 18.4 Å².